The predicted octanol–water partition coefficient (Wildman–Crippen LogP) is 6.44. The van der Waals surface area contributed by atoms with Crippen LogP contribution < -0.4 is 4.74 Å². The SMILES string of the molecule is O=C(C=Cc1ccccc1Oc1ncc(C(F)(F)F)cc1Cl)c1ccccc1. The molecule has 3 aromatic rings. The highest BCUT2D eigenvalue weighted by atomic mass is 35.5. The van der Waals surface area contributed by atoms with Crippen LogP contribution in [0, 0.1) is 0 Å². The molecule has 2 aromatic carbocycles. The molecule has 0 bridgehead atoms. The van der Waals surface area contributed by atoms with Crippen molar-refractivity contribution in [2.75, 3.05) is 0 Å². The van der Waals surface area contributed by atoms with Crippen molar-refractivity contribution >= 4 is 23.5 Å². The van der Waals surface area contributed by atoms with Crippen LogP contribution in [0.5, 0.6) is 11.6 Å². The number of carbonyl (C=O) groups is 1. The minimum absolute atomic E-state index is 0.162. The van der Waals surface area contributed by atoms with Crippen LogP contribution in [0.2, 0.25) is 5.02 Å². The van der Waals surface area contributed by atoms with Gasteiger partial charge < -0.3 is 4.74 Å². The largest absolute Gasteiger partial charge is 0.437 e. The molecule has 0 saturated carbocycles. The molecule has 0 unspecified atom stereocenters. The van der Waals surface area contributed by atoms with Crippen molar-refractivity contribution < 1.29 is 22.7 Å². The van der Waals surface area contributed by atoms with Crippen LogP contribution in [0.15, 0.2) is 72.9 Å². The lowest BCUT2D eigenvalue weighted by Gasteiger charge is -2.11. The molecule has 0 aliphatic heterocycles. The van der Waals surface area contributed by atoms with E-state index < -0.39 is 11.7 Å². The average Bonchev–Trinajstić information content (AvgIpc) is 2.68. The Kier molecular flexibility index (Phi) is 5.80. The fourth-order valence-electron chi connectivity index (χ4n) is 2.33. The van der Waals surface area contributed by atoms with Gasteiger partial charge in [-0.2, -0.15) is 13.2 Å². The summed E-state index contributed by atoms with van der Waals surface area (Å²) in [5, 5.41) is -0.269. The van der Waals surface area contributed by atoms with Gasteiger partial charge >= 0.3 is 6.18 Å². The zero-order valence-corrected chi connectivity index (χ0v) is 15.0. The lowest BCUT2D eigenvalue weighted by molar-refractivity contribution is -0.137. The highest BCUT2D eigenvalue weighted by Gasteiger charge is 2.31. The Labute approximate surface area is 164 Å². The second-order valence-electron chi connectivity index (χ2n) is 5.71. The quantitative estimate of drug-likeness (QED) is 0.363. The maximum absolute atomic E-state index is 12.7. The van der Waals surface area contributed by atoms with Crippen LogP contribution in [0.3, 0.4) is 0 Å². The van der Waals surface area contributed by atoms with Crippen molar-refractivity contribution in [3.05, 3.63) is 94.6 Å². The number of ketones is 1. The van der Waals surface area contributed by atoms with E-state index in [1.807, 2.05) is 6.07 Å². The lowest BCUT2D eigenvalue weighted by Crippen LogP contribution is -2.05. The minimum atomic E-state index is -4.55. The summed E-state index contributed by atoms with van der Waals surface area (Å²) in [7, 11) is 0. The fourth-order valence-corrected chi connectivity index (χ4v) is 2.54. The first-order valence-electron chi connectivity index (χ1n) is 8.11. The first-order valence-corrected chi connectivity index (χ1v) is 8.49. The smallest absolute Gasteiger partial charge is 0.417 e. The molecule has 0 radical (unpaired) electrons. The van der Waals surface area contributed by atoms with Crippen LogP contribution >= 0.6 is 11.6 Å². The molecule has 0 spiro atoms. The van der Waals surface area contributed by atoms with Crippen molar-refractivity contribution in [1.29, 1.82) is 0 Å². The second-order valence-corrected chi connectivity index (χ2v) is 6.12. The molecule has 1 heterocycles. The summed E-state index contributed by atoms with van der Waals surface area (Å²) in [6.45, 7) is 0. The number of nitrogens with zero attached hydrogens (tertiary/aromatic N) is 1. The van der Waals surface area contributed by atoms with Gasteiger partial charge in [0.05, 0.1) is 5.56 Å². The van der Waals surface area contributed by atoms with Gasteiger partial charge in [-0.1, -0.05) is 60.1 Å². The monoisotopic (exact) mass is 403 g/mol. The molecule has 0 amide bonds. The summed E-state index contributed by atoms with van der Waals surface area (Å²) in [4.78, 5) is 15.9. The van der Waals surface area contributed by atoms with E-state index in [-0.39, 0.29) is 16.7 Å². The number of halogens is 4. The molecule has 0 fully saturated rings. The van der Waals surface area contributed by atoms with Gasteiger partial charge in [-0.25, -0.2) is 4.98 Å². The van der Waals surface area contributed by atoms with Crippen LogP contribution in [-0.4, -0.2) is 10.8 Å². The minimum Gasteiger partial charge on any atom is -0.437 e. The van der Waals surface area contributed by atoms with Gasteiger partial charge in [-0.15, -0.1) is 0 Å². The first-order chi connectivity index (χ1) is 13.3. The summed E-state index contributed by atoms with van der Waals surface area (Å²) in [5.41, 5.74) is 0.112. The maximum atomic E-state index is 12.7. The second kappa shape index (κ2) is 8.27. The summed E-state index contributed by atoms with van der Waals surface area (Å²) >= 11 is 5.89. The number of carbonyl (C=O) groups excluding carboxylic acids is 1. The standard InChI is InChI=1S/C21H13ClF3NO2/c22-17-12-16(21(23,24)25)13-26-20(17)28-19-9-5-4-8-15(19)10-11-18(27)14-6-2-1-3-7-14/h1-13H. The summed E-state index contributed by atoms with van der Waals surface area (Å²) in [6, 6.07) is 16.2. The number of hydrogen-bond acceptors (Lipinski definition) is 3. The van der Waals surface area contributed by atoms with Crippen molar-refractivity contribution in [3.63, 3.8) is 0 Å². The van der Waals surface area contributed by atoms with Crippen LogP contribution in [0.4, 0.5) is 13.2 Å². The number of allylic oxidation sites excluding steroid dienone is 1. The number of ether oxygens (including phenoxy) is 1. The molecule has 0 saturated heterocycles. The number of alkyl halides is 3. The molecule has 0 aliphatic rings. The van der Waals surface area contributed by atoms with E-state index in [9.17, 15) is 18.0 Å². The third-order valence-electron chi connectivity index (χ3n) is 3.73. The van der Waals surface area contributed by atoms with E-state index in [0.717, 1.165) is 6.07 Å². The highest BCUT2D eigenvalue weighted by molar-refractivity contribution is 6.31. The van der Waals surface area contributed by atoms with E-state index in [1.54, 1.807) is 54.6 Å². The third-order valence-corrected chi connectivity index (χ3v) is 4.00. The van der Waals surface area contributed by atoms with Crippen LogP contribution in [0.1, 0.15) is 21.5 Å². The van der Waals surface area contributed by atoms with Crippen LogP contribution in [0.25, 0.3) is 6.08 Å². The Balaban J connectivity index is 1.83. The molecule has 0 N–H and O–H groups in total. The number of benzene rings is 2. The van der Waals surface area contributed by atoms with E-state index in [1.165, 1.54) is 6.08 Å². The molecule has 28 heavy (non-hydrogen) atoms. The topological polar surface area (TPSA) is 39.2 Å². The van der Waals surface area contributed by atoms with Gasteiger partial charge in [0.1, 0.15) is 10.8 Å². The maximum Gasteiger partial charge on any atom is 0.417 e. The normalized spacial score (nSPS) is 11.6. The Hall–Kier alpha value is -3.12. The number of para-hydroxylation sites is 1. The Bertz CT molecular complexity index is 1020. The van der Waals surface area contributed by atoms with E-state index >= 15 is 0 Å². The van der Waals surface area contributed by atoms with Crippen molar-refractivity contribution in [1.82, 2.24) is 4.98 Å². The number of hydrogen-bond donors (Lipinski definition) is 0. The highest BCUT2D eigenvalue weighted by Crippen LogP contribution is 2.35. The summed E-state index contributed by atoms with van der Waals surface area (Å²) in [6.07, 6.45) is -0.950. The van der Waals surface area contributed by atoms with Gasteiger partial charge in [0.2, 0.25) is 5.88 Å². The van der Waals surface area contributed by atoms with Gasteiger partial charge in [0.15, 0.2) is 5.78 Å². The molecule has 142 valence electrons. The fraction of sp³-hybridized carbons (Fsp3) is 0.0476. The molecule has 1 aromatic heterocycles. The molecule has 0 atom stereocenters. The molecule has 3 rings (SSSR count). The Morgan fingerprint density at radius 1 is 1.04 bits per heavy atom. The number of rotatable bonds is 5. The number of pyridine rings is 1. The third kappa shape index (κ3) is 4.78. The Morgan fingerprint density at radius 3 is 2.39 bits per heavy atom. The van der Waals surface area contributed by atoms with E-state index in [2.05, 4.69) is 4.98 Å². The van der Waals surface area contributed by atoms with E-state index in [4.69, 9.17) is 16.3 Å². The van der Waals surface area contributed by atoms with Gasteiger partial charge in [0.25, 0.3) is 0 Å². The summed E-state index contributed by atoms with van der Waals surface area (Å²) < 4.78 is 43.8. The molecule has 3 nitrogen and oxygen atoms in total. The number of aromatic nitrogens is 1. The average molecular weight is 404 g/mol. The van der Waals surface area contributed by atoms with E-state index in [0.29, 0.717) is 23.1 Å². The van der Waals surface area contributed by atoms with Crippen molar-refractivity contribution in [2.45, 2.75) is 6.18 Å². The van der Waals surface area contributed by atoms with Crippen molar-refractivity contribution in [2.24, 2.45) is 0 Å². The Morgan fingerprint density at radius 2 is 1.71 bits per heavy atom. The first kappa shape index (κ1) is 19.6. The van der Waals surface area contributed by atoms with Gasteiger partial charge in [-0.05, 0) is 24.3 Å². The molecular formula is C21H13ClF3NO2. The molecule has 7 heteroatoms. The van der Waals surface area contributed by atoms with Crippen molar-refractivity contribution in [3.8, 4) is 11.6 Å². The van der Waals surface area contributed by atoms with Gasteiger partial charge in [0, 0.05) is 17.3 Å². The zero-order chi connectivity index (χ0) is 20.1. The molecule has 0 aliphatic carbocycles. The molecular weight excluding hydrogens is 391 g/mol. The van der Waals surface area contributed by atoms with Gasteiger partial charge in [-0.3, -0.25) is 4.79 Å². The summed E-state index contributed by atoms with van der Waals surface area (Å²) in [5.74, 6) is -0.0558. The lowest BCUT2D eigenvalue weighted by atomic mass is 10.1. The zero-order valence-electron chi connectivity index (χ0n) is 14.3. The predicted molar refractivity (Wildman–Crippen MR) is 101 cm³/mol. The van der Waals surface area contributed by atoms with Crippen LogP contribution in [-0.2, 0) is 6.18 Å².